The molecule has 5 aromatic heterocycles. The molecule has 0 amide bonds. The zero-order chi connectivity index (χ0) is 21.5. The van der Waals surface area contributed by atoms with Gasteiger partial charge in [-0.2, -0.15) is 5.10 Å². The molecule has 1 saturated carbocycles. The molecule has 1 aliphatic carbocycles. The summed E-state index contributed by atoms with van der Waals surface area (Å²) in [6.07, 6.45) is 12.1. The first-order valence-corrected chi connectivity index (χ1v) is 10.8. The van der Waals surface area contributed by atoms with Gasteiger partial charge in [0.1, 0.15) is 5.52 Å². The third-order valence-electron chi connectivity index (χ3n) is 6.10. The maximum Gasteiger partial charge on any atom is 0.161 e. The maximum absolute atomic E-state index is 4.89. The van der Waals surface area contributed by atoms with Crippen LogP contribution in [0.5, 0.6) is 0 Å². The van der Waals surface area contributed by atoms with Crippen molar-refractivity contribution >= 4 is 27.8 Å². The normalized spacial score (nSPS) is 14.4. The molecule has 3 N–H and O–H groups in total. The van der Waals surface area contributed by atoms with E-state index < -0.39 is 0 Å². The number of hydrogen-bond acceptors (Lipinski definition) is 6. The van der Waals surface area contributed by atoms with Gasteiger partial charge in [-0.15, -0.1) is 0 Å². The van der Waals surface area contributed by atoms with Crippen LogP contribution in [0, 0.1) is 5.92 Å². The van der Waals surface area contributed by atoms with Crippen LogP contribution >= 0.6 is 0 Å². The fourth-order valence-corrected chi connectivity index (χ4v) is 4.40. The third kappa shape index (κ3) is 3.30. The number of aromatic nitrogens is 7. The van der Waals surface area contributed by atoms with Crippen LogP contribution in [0.25, 0.3) is 44.8 Å². The van der Waals surface area contributed by atoms with Crippen LogP contribution in [-0.4, -0.2) is 35.1 Å². The zero-order valence-electron chi connectivity index (χ0n) is 17.5. The molecule has 1 aliphatic rings. The molecule has 0 saturated heterocycles. The van der Waals surface area contributed by atoms with Gasteiger partial charge in [0.25, 0.3) is 0 Å². The summed E-state index contributed by atoms with van der Waals surface area (Å²) < 4.78 is 0. The standard InChI is InChI=1S/C24H22N8/c1-14(15-4-2-3-5-15)27-17-10-16(11-26-12-17)18-6-7-20-22(28-18)23(32-31-20)24-29-19-8-9-25-13-21(19)30-24/h6-13,15,27H,1-5H2,(H,29,30)(H,31,32). The Hall–Kier alpha value is -4.07. The van der Waals surface area contributed by atoms with Crippen LogP contribution in [0.3, 0.4) is 0 Å². The molecular formula is C24H22N8. The van der Waals surface area contributed by atoms with Gasteiger partial charge in [0, 0.05) is 23.7 Å². The number of fused-ring (bicyclic) bond motifs is 2. The summed E-state index contributed by atoms with van der Waals surface area (Å²) >= 11 is 0. The van der Waals surface area contributed by atoms with E-state index in [4.69, 9.17) is 4.98 Å². The second-order valence-corrected chi connectivity index (χ2v) is 8.24. The van der Waals surface area contributed by atoms with Crippen molar-refractivity contribution < 1.29 is 0 Å². The minimum absolute atomic E-state index is 0.542. The monoisotopic (exact) mass is 422 g/mol. The van der Waals surface area contributed by atoms with Gasteiger partial charge in [-0.1, -0.05) is 19.4 Å². The molecule has 8 heteroatoms. The van der Waals surface area contributed by atoms with Crippen LogP contribution in [0.15, 0.2) is 61.3 Å². The number of H-pyrrole nitrogens is 2. The average molecular weight is 422 g/mol. The summed E-state index contributed by atoms with van der Waals surface area (Å²) in [6, 6.07) is 7.88. The predicted molar refractivity (Wildman–Crippen MR) is 125 cm³/mol. The molecule has 8 nitrogen and oxygen atoms in total. The smallest absolute Gasteiger partial charge is 0.161 e. The first kappa shape index (κ1) is 18.7. The minimum atomic E-state index is 0.542. The summed E-state index contributed by atoms with van der Waals surface area (Å²) in [6.45, 7) is 4.25. The first-order chi connectivity index (χ1) is 15.7. The SMILES string of the molecule is C=C(Nc1cncc(-c2ccc3[nH]nc(-c4nc5ccncc5[nH]4)c3n2)c1)C1CCCC1. The van der Waals surface area contributed by atoms with Gasteiger partial charge in [-0.25, -0.2) is 9.97 Å². The Balaban J connectivity index is 1.35. The van der Waals surface area contributed by atoms with Gasteiger partial charge in [-0.3, -0.25) is 15.1 Å². The second kappa shape index (κ2) is 7.56. The Bertz CT molecular complexity index is 1410. The molecule has 0 unspecified atom stereocenters. The molecule has 158 valence electrons. The topological polar surface area (TPSA) is 108 Å². The molecule has 5 heterocycles. The minimum Gasteiger partial charge on any atom is -0.358 e. The van der Waals surface area contributed by atoms with E-state index in [-0.39, 0.29) is 0 Å². The number of nitrogens with zero attached hydrogens (tertiary/aromatic N) is 5. The number of rotatable bonds is 5. The fraction of sp³-hybridized carbons (Fsp3) is 0.208. The van der Waals surface area contributed by atoms with Crippen molar-refractivity contribution in [3.8, 4) is 22.8 Å². The maximum atomic E-state index is 4.89. The van der Waals surface area contributed by atoms with Crippen LogP contribution in [-0.2, 0) is 0 Å². The molecule has 0 atom stereocenters. The van der Waals surface area contributed by atoms with Gasteiger partial charge >= 0.3 is 0 Å². The summed E-state index contributed by atoms with van der Waals surface area (Å²) in [5.74, 6) is 1.20. The number of hydrogen-bond donors (Lipinski definition) is 3. The quantitative estimate of drug-likeness (QED) is 0.365. The first-order valence-electron chi connectivity index (χ1n) is 10.8. The summed E-state index contributed by atoms with van der Waals surface area (Å²) in [5, 5.41) is 11.0. The lowest BCUT2D eigenvalue weighted by molar-refractivity contribution is 0.649. The molecular weight excluding hydrogens is 400 g/mol. The van der Waals surface area contributed by atoms with E-state index in [2.05, 4.69) is 48.1 Å². The Kier molecular flexibility index (Phi) is 4.41. The molecule has 1 fully saturated rings. The van der Waals surface area contributed by atoms with Crippen LogP contribution < -0.4 is 5.32 Å². The number of imidazole rings is 1. The Morgan fingerprint density at radius 1 is 1.00 bits per heavy atom. The van der Waals surface area contributed by atoms with E-state index in [1.165, 1.54) is 25.7 Å². The van der Waals surface area contributed by atoms with Crippen molar-refractivity contribution in [3.63, 3.8) is 0 Å². The van der Waals surface area contributed by atoms with Crippen molar-refractivity contribution in [1.82, 2.24) is 35.1 Å². The van der Waals surface area contributed by atoms with Crippen LogP contribution in [0.2, 0.25) is 0 Å². The highest BCUT2D eigenvalue weighted by Gasteiger charge is 2.19. The van der Waals surface area contributed by atoms with E-state index in [9.17, 15) is 0 Å². The number of allylic oxidation sites excluding steroid dienone is 1. The van der Waals surface area contributed by atoms with Gasteiger partial charge < -0.3 is 10.3 Å². The highest BCUT2D eigenvalue weighted by Crippen LogP contribution is 2.32. The van der Waals surface area contributed by atoms with Crippen LogP contribution in [0.1, 0.15) is 25.7 Å². The third-order valence-corrected chi connectivity index (χ3v) is 6.10. The molecule has 0 aromatic carbocycles. The van der Waals surface area contributed by atoms with E-state index >= 15 is 0 Å². The Labute approximate surface area is 184 Å². The molecule has 0 bridgehead atoms. The van der Waals surface area contributed by atoms with Gasteiger partial charge in [0.15, 0.2) is 11.5 Å². The largest absolute Gasteiger partial charge is 0.358 e. The summed E-state index contributed by atoms with van der Waals surface area (Å²) in [5.41, 5.74) is 7.72. The number of nitrogens with one attached hydrogen (secondary N) is 3. The van der Waals surface area contributed by atoms with E-state index in [1.54, 1.807) is 12.4 Å². The second-order valence-electron chi connectivity index (χ2n) is 8.24. The summed E-state index contributed by atoms with van der Waals surface area (Å²) in [7, 11) is 0. The van der Waals surface area contributed by atoms with Gasteiger partial charge in [0.2, 0.25) is 0 Å². The van der Waals surface area contributed by atoms with Gasteiger partial charge in [-0.05, 0) is 43.0 Å². The van der Waals surface area contributed by atoms with E-state index in [1.807, 2.05) is 30.6 Å². The molecule has 5 aromatic rings. The predicted octanol–water partition coefficient (Wildman–Crippen LogP) is 5.07. The van der Waals surface area contributed by atoms with Crippen molar-refractivity contribution in [2.24, 2.45) is 5.92 Å². The van der Waals surface area contributed by atoms with Crippen molar-refractivity contribution in [2.75, 3.05) is 5.32 Å². The molecule has 32 heavy (non-hydrogen) atoms. The molecule has 0 aliphatic heterocycles. The van der Waals surface area contributed by atoms with E-state index in [0.717, 1.165) is 44.7 Å². The number of aromatic amines is 2. The lowest BCUT2D eigenvalue weighted by Crippen LogP contribution is -2.07. The van der Waals surface area contributed by atoms with Crippen molar-refractivity contribution in [3.05, 3.63) is 61.3 Å². The lowest BCUT2D eigenvalue weighted by atomic mass is 10.0. The Morgan fingerprint density at radius 2 is 1.91 bits per heavy atom. The number of anilines is 1. The van der Waals surface area contributed by atoms with Crippen molar-refractivity contribution in [2.45, 2.75) is 25.7 Å². The van der Waals surface area contributed by atoms with Gasteiger partial charge in [0.05, 0.1) is 40.3 Å². The van der Waals surface area contributed by atoms with Crippen molar-refractivity contribution in [1.29, 1.82) is 0 Å². The Morgan fingerprint density at radius 3 is 2.78 bits per heavy atom. The molecule has 6 rings (SSSR count). The fourth-order valence-electron chi connectivity index (χ4n) is 4.40. The lowest BCUT2D eigenvalue weighted by Gasteiger charge is -2.15. The summed E-state index contributed by atoms with van der Waals surface area (Å²) in [4.78, 5) is 21.4. The molecule has 0 radical (unpaired) electrons. The number of pyridine rings is 3. The zero-order valence-corrected chi connectivity index (χ0v) is 17.5. The highest BCUT2D eigenvalue weighted by atomic mass is 15.1. The highest BCUT2D eigenvalue weighted by molar-refractivity contribution is 5.91. The van der Waals surface area contributed by atoms with E-state index in [0.29, 0.717) is 17.4 Å². The average Bonchev–Trinajstić information content (AvgIpc) is 3.58. The van der Waals surface area contributed by atoms with Crippen LogP contribution in [0.4, 0.5) is 5.69 Å². The molecule has 0 spiro atoms.